The first kappa shape index (κ1) is 14.0. The average Bonchev–Trinajstić information content (AvgIpc) is 2.40. The van der Waals surface area contributed by atoms with Crippen molar-refractivity contribution in [1.82, 2.24) is 10.3 Å². The lowest BCUT2D eigenvalue weighted by Gasteiger charge is -2.20. The Kier molecular flexibility index (Phi) is 4.56. The van der Waals surface area contributed by atoms with Crippen molar-refractivity contribution in [1.29, 1.82) is 0 Å². The Labute approximate surface area is 119 Å². The lowest BCUT2D eigenvalue weighted by molar-refractivity contribution is 0.612. The second-order valence-electron chi connectivity index (χ2n) is 4.70. The largest absolute Gasteiger partial charge is 0.305 e. The van der Waals surface area contributed by atoms with Gasteiger partial charge in [0.1, 0.15) is 0 Å². The maximum atomic E-state index is 6.24. The summed E-state index contributed by atoms with van der Waals surface area (Å²) < 4.78 is 0. The maximum absolute atomic E-state index is 6.24. The monoisotopic (exact) mass is 274 g/mol. The number of hydrogen-bond acceptors (Lipinski definition) is 2. The molecule has 100 valence electrons. The van der Waals surface area contributed by atoms with Crippen LogP contribution in [0.5, 0.6) is 0 Å². The van der Waals surface area contributed by atoms with Crippen LogP contribution in [0.1, 0.15) is 35.3 Å². The molecule has 2 rings (SSSR count). The van der Waals surface area contributed by atoms with Crippen LogP contribution in [0.2, 0.25) is 5.02 Å². The maximum Gasteiger partial charge on any atom is 0.0754 e. The topological polar surface area (TPSA) is 24.9 Å². The molecule has 0 fully saturated rings. The highest BCUT2D eigenvalue weighted by atomic mass is 35.5. The van der Waals surface area contributed by atoms with E-state index >= 15 is 0 Å². The predicted molar refractivity (Wildman–Crippen MR) is 80.7 cm³/mol. The number of aromatic nitrogens is 1. The molecule has 0 aliphatic carbocycles. The molecule has 0 saturated heterocycles. The number of benzene rings is 1. The van der Waals surface area contributed by atoms with Gasteiger partial charge >= 0.3 is 0 Å². The summed E-state index contributed by atoms with van der Waals surface area (Å²) in [4.78, 5) is 4.52. The smallest absolute Gasteiger partial charge is 0.0754 e. The first-order valence-corrected chi connectivity index (χ1v) is 6.92. The first-order valence-electron chi connectivity index (χ1n) is 6.54. The SMILES string of the molecule is CCNC(c1ccc(C)c(Cl)c1)c1ncccc1C. The van der Waals surface area contributed by atoms with E-state index in [0.717, 1.165) is 28.4 Å². The van der Waals surface area contributed by atoms with E-state index in [4.69, 9.17) is 11.6 Å². The Morgan fingerprint density at radius 2 is 2.00 bits per heavy atom. The van der Waals surface area contributed by atoms with E-state index in [0.29, 0.717) is 0 Å². The van der Waals surface area contributed by atoms with Gasteiger partial charge in [-0.1, -0.05) is 36.7 Å². The molecule has 0 amide bonds. The van der Waals surface area contributed by atoms with Crippen LogP contribution in [0.4, 0.5) is 0 Å². The summed E-state index contributed by atoms with van der Waals surface area (Å²) in [5.74, 6) is 0. The Morgan fingerprint density at radius 1 is 1.21 bits per heavy atom. The minimum atomic E-state index is 0.0873. The molecule has 1 unspecified atom stereocenters. The Hall–Kier alpha value is -1.38. The van der Waals surface area contributed by atoms with E-state index in [-0.39, 0.29) is 6.04 Å². The molecule has 2 nitrogen and oxygen atoms in total. The summed E-state index contributed by atoms with van der Waals surface area (Å²) in [6.45, 7) is 7.08. The zero-order chi connectivity index (χ0) is 13.8. The highest BCUT2D eigenvalue weighted by Crippen LogP contribution is 2.26. The van der Waals surface area contributed by atoms with Crippen molar-refractivity contribution in [3.05, 3.63) is 63.9 Å². The summed E-state index contributed by atoms with van der Waals surface area (Å²) >= 11 is 6.24. The highest BCUT2D eigenvalue weighted by molar-refractivity contribution is 6.31. The van der Waals surface area contributed by atoms with Crippen molar-refractivity contribution < 1.29 is 0 Å². The molecule has 1 N–H and O–H groups in total. The van der Waals surface area contributed by atoms with Crippen molar-refractivity contribution in [2.24, 2.45) is 0 Å². The molecule has 1 aromatic heterocycles. The van der Waals surface area contributed by atoms with Crippen LogP contribution in [0, 0.1) is 13.8 Å². The third-order valence-electron chi connectivity index (χ3n) is 3.26. The standard InChI is InChI=1S/C16H19ClN2/c1-4-18-16(15-12(3)6-5-9-19-15)13-8-7-11(2)14(17)10-13/h5-10,16,18H,4H2,1-3H3. The van der Waals surface area contributed by atoms with Gasteiger partial charge in [0, 0.05) is 11.2 Å². The lowest BCUT2D eigenvalue weighted by Crippen LogP contribution is -2.23. The molecule has 0 aliphatic heterocycles. The van der Waals surface area contributed by atoms with E-state index in [9.17, 15) is 0 Å². The molecule has 1 aromatic carbocycles. The molecular formula is C16H19ClN2. The van der Waals surface area contributed by atoms with Crippen molar-refractivity contribution in [2.75, 3.05) is 6.54 Å². The van der Waals surface area contributed by atoms with Crippen molar-refractivity contribution >= 4 is 11.6 Å². The van der Waals surface area contributed by atoms with Gasteiger partial charge in [-0.3, -0.25) is 4.98 Å². The molecule has 0 radical (unpaired) electrons. The van der Waals surface area contributed by atoms with Crippen LogP contribution in [0.25, 0.3) is 0 Å². The van der Waals surface area contributed by atoms with Gasteiger partial charge < -0.3 is 5.32 Å². The van der Waals surface area contributed by atoms with Gasteiger partial charge in [-0.2, -0.15) is 0 Å². The number of hydrogen-bond donors (Lipinski definition) is 1. The second kappa shape index (κ2) is 6.18. The summed E-state index contributed by atoms with van der Waals surface area (Å²) in [7, 11) is 0. The highest BCUT2D eigenvalue weighted by Gasteiger charge is 2.16. The van der Waals surface area contributed by atoms with E-state index < -0.39 is 0 Å². The van der Waals surface area contributed by atoms with Crippen molar-refractivity contribution in [3.63, 3.8) is 0 Å². The molecular weight excluding hydrogens is 256 g/mol. The number of aryl methyl sites for hydroxylation is 2. The average molecular weight is 275 g/mol. The third-order valence-corrected chi connectivity index (χ3v) is 3.67. The number of pyridine rings is 1. The van der Waals surface area contributed by atoms with Gasteiger partial charge in [-0.25, -0.2) is 0 Å². The number of rotatable bonds is 4. The quantitative estimate of drug-likeness (QED) is 0.910. The third kappa shape index (κ3) is 3.14. The Balaban J connectivity index is 2.45. The minimum Gasteiger partial charge on any atom is -0.305 e. The van der Waals surface area contributed by atoms with Crippen molar-refractivity contribution in [2.45, 2.75) is 26.8 Å². The fourth-order valence-corrected chi connectivity index (χ4v) is 2.35. The second-order valence-corrected chi connectivity index (χ2v) is 5.11. The van der Waals surface area contributed by atoms with Crippen LogP contribution in [0.15, 0.2) is 36.5 Å². The van der Waals surface area contributed by atoms with Crippen LogP contribution in [0.3, 0.4) is 0 Å². The predicted octanol–water partition coefficient (Wildman–Crippen LogP) is 4.05. The zero-order valence-corrected chi connectivity index (χ0v) is 12.3. The molecule has 2 aromatic rings. The number of nitrogens with zero attached hydrogens (tertiary/aromatic N) is 1. The van der Waals surface area contributed by atoms with E-state index in [1.165, 1.54) is 5.56 Å². The van der Waals surface area contributed by atoms with Gasteiger partial charge in [-0.15, -0.1) is 0 Å². The Morgan fingerprint density at radius 3 is 2.63 bits per heavy atom. The summed E-state index contributed by atoms with van der Waals surface area (Å²) in [6.07, 6.45) is 1.84. The van der Waals surface area contributed by atoms with Crippen LogP contribution >= 0.6 is 11.6 Å². The molecule has 19 heavy (non-hydrogen) atoms. The minimum absolute atomic E-state index is 0.0873. The molecule has 1 heterocycles. The summed E-state index contributed by atoms with van der Waals surface area (Å²) in [5.41, 5.74) is 4.49. The lowest BCUT2D eigenvalue weighted by atomic mass is 9.99. The normalized spacial score (nSPS) is 12.4. The summed E-state index contributed by atoms with van der Waals surface area (Å²) in [6, 6.07) is 10.3. The zero-order valence-electron chi connectivity index (χ0n) is 11.6. The first-order chi connectivity index (χ1) is 9.13. The van der Waals surface area contributed by atoms with Gasteiger partial charge in [0.15, 0.2) is 0 Å². The van der Waals surface area contributed by atoms with Crippen LogP contribution in [-0.4, -0.2) is 11.5 Å². The van der Waals surface area contributed by atoms with E-state index in [2.05, 4.69) is 42.3 Å². The fourth-order valence-electron chi connectivity index (χ4n) is 2.17. The fraction of sp³-hybridized carbons (Fsp3) is 0.312. The van der Waals surface area contributed by atoms with Gasteiger partial charge in [0.25, 0.3) is 0 Å². The molecule has 0 bridgehead atoms. The van der Waals surface area contributed by atoms with E-state index in [1.807, 2.05) is 25.3 Å². The number of nitrogens with one attached hydrogen (secondary N) is 1. The molecule has 0 saturated carbocycles. The van der Waals surface area contributed by atoms with Crippen molar-refractivity contribution in [3.8, 4) is 0 Å². The molecule has 0 aliphatic rings. The number of halogens is 1. The van der Waals surface area contributed by atoms with Crippen LogP contribution in [-0.2, 0) is 0 Å². The van der Waals surface area contributed by atoms with E-state index in [1.54, 1.807) is 0 Å². The van der Waals surface area contributed by atoms with Gasteiger partial charge in [0.2, 0.25) is 0 Å². The molecule has 1 atom stereocenters. The molecule has 3 heteroatoms. The van der Waals surface area contributed by atoms with Crippen LogP contribution < -0.4 is 5.32 Å². The van der Waals surface area contributed by atoms with Gasteiger partial charge in [-0.05, 0) is 49.2 Å². The summed E-state index contributed by atoms with van der Waals surface area (Å²) in [5, 5.41) is 4.28. The Bertz CT molecular complexity index is 566. The van der Waals surface area contributed by atoms with Gasteiger partial charge in [0.05, 0.1) is 11.7 Å². The molecule has 0 spiro atoms.